The van der Waals surface area contributed by atoms with Crippen molar-refractivity contribution in [2.24, 2.45) is 5.92 Å². The molecule has 0 saturated heterocycles. The minimum Gasteiger partial charge on any atom is -0.382 e. The largest absolute Gasteiger partial charge is 0.382 e. The molecule has 0 unspecified atom stereocenters. The van der Waals surface area contributed by atoms with E-state index in [1.807, 2.05) is 6.07 Å². The van der Waals surface area contributed by atoms with Crippen LogP contribution >= 0.6 is 0 Å². The van der Waals surface area contributed by atoms with E-state index in [0.717, 1.165) is 24.6 Å². The van der Waals surface area contributed by atoms with E-state index in [9.17, 15) is 0 Å². The van der Waals surface area contributed by atoms with E-state index in [-0.39, 0.29) is 0 Å². The number of hydrogen-bond acceptors (Lipinski definition) is 4. The fourth-order valence-electron chi connectivity index (χ4n) is 2.21. The maximum absolute atomic E-state index is 8.74. The maximum Gasteiger partial charge on any atom is 0.145 e. The lowest BCUT2D eigenvalue weighted by molar-refractivity contribution is 0.340. The summed E-state index contributed by atoms with van der Waals surface area (Å²) in [5.74, 6) is 2.35. The number of hydrogen-bond donors (Lipinski definition) is 1. The maximum atomic E-state index is 8.74. The van der Waals surface area contributed by atoms with Gasteiger partial charge in [-0.1, -0.05) is 19.8 Å². The fourth-order valence-corrected chi connectivity index (χ4v) is 2.21. The molecule has 1 aromatic heterocycles. The normalized spacial score (nSPS) is 25.0. The summed E-state index contributed by atoms with van der Waals surface area (Å²) in [6, 6.07) is 1.98. The smallest absolute Gasteiger partial charge is 0.145 e. The van der Waals surface area contributed by atoms with Gasteiger partial charge in [-0.05, 0) is 18.8 Å². The van der Waals surface area contributed by atoms with E-state index >= 15 is 0 Å². The molecule has 1 aliphatic rings. The molecule has 0 bridgehead atoms. The minimum absolute atomic E-state index is 0.311. The predicted octanol–water partition coefficient (Wildman–Crippen LogP) is 2.22. The zero-order chi connectivity index (χ0) is 11.5. The quantitative estimate of drug-likeness (QED) is 0.781. The number of anilines is 1. The average molecular weight is 216 g/mol. The first kappa shape index (κ1) is 10.9. The predicted molar refractivity (Wildman–Crippen MR) is 61.5 cm³/mol. The number of nitrogens with zero attached hydrogens (tertiary/aromatic N) is 3. The number of nitriles is 1. The van der Waals surface area contributed by atoms with Gasteiger partial charge < -0.3 is 5.73 Å². The van der Waals surface area contributed by atoms with Gasteiger partial charge in [0, 0.05) is 5.92 Å². The van der Waals surface area contributed by atoms with Crippen LogP contribution in [0.5, 0.6) is 0 Å². The van der Waals surface area contributed by atoms with E-state index in [4.69, 9.17) is 11.0 Å². The Morgan fingerprint density at radius 2 is 2.06 bits per heavy atom. The number of aromatic nitrogens is 2. The van der Waals surface area contributed by atoms with Gasteiger partial charge in [0.15, 0.2) is 0 Å². The van der Waals surface area contributed by atoms with E-state index in [1.165, 1.54) is 19.0 Å². The van der Waals surface area contributed by atoms with Crippen LogP contribution in [0.25, 0.3) is 0 Å². The monoisotopic (exact) mass is 216 g/mol. The summed E-state index contributed by atoms with van der Waals surface area (Å²) >= 11 is 0. The van der Waals surface area contributed by atoms with E-state index < -0.39 is 0 Å². The Labute approximate surface area is 95.5 Å². The first-order valence-electron chi connectivity index (χ1n) is 5.73. The van der Waals surface area contributed by atoms with Crippen molar-refractivity contribution in [1.29, 1.82) is 5.26 Å². The highest BCUT2D eigenvalue weighted by Crippen LogP contribution is 2.34. The Balaban J connectivity index is 2.16. The van der Waals surface area contributed by atoms with Crippen molar-refractivity contribution >= 4 is 5.82 Å². The second kappa shape index (κ2) is 4.48. The molecule has 1 aromatic rings. The van der Waals surface area contributed by atoms with Crippen molar-refractivity contribution in [3.63, 3.8) is 0 Å². The Kier molecular flexibility index (Phi) is 3.04. The Morgan fingerprint density at radius 1 is 1.38 bits per heavy atom. The average Bonchev–Trinajstić information content (AvgIpc) is 2.30. The van der Waals surface area contributed by atoms with Crippen molar-refractivity contribution in [3.05, 3.63) is 17.6 Å². The van der Waals surface area contributed by atoms with Crippen LogP contribution in [0.3, 0.4) is 0 Å². The standard InChI is InChI=1S/C12H16N4/c1-8-2-4-9(5-3-8)12-15-7-10(6-13)11(14)16-12/h7-9H,2-5H2,1H3,(H2,14,15,16). The molecule has 84 valence electrons. The van der Waals surface area contributed by atoms with Crippen LogP contribution in [0.1, 0.15) is 49.9 Å². The van der Waals surface area contributed by atoms with Gasteiger partial charge in [-0.3, -0.25) is 0 Å². The van der Waals surface area contributed by atoms with Crippen molar-refractivity contribution in [2.75, 3.05) is 5.73 Å². The molecule has 0 radical (unpaired) electrons. The lowest BCUT2D eigenvalue weighted by atomic mass is 9.82. The van der Waals surface area contributed by atoms with Crippen LogP contribution in [0.2, 0.25) is 0 Å². The van der Waals surface area contributed by atoms with Crippen LogP contribution < -0.4 is 5.73 Å². The molecule has 2 N–H and O–H groups in total. The van der Waals surface area contributed by atoms with Crippen molar-refractivity contribution < 1.29 is 0 Å². The molecule has 16 heavy (non-hydrogen) atoms. The molecule has 1 aliphatic carbocycles. The van der Waals surface area contributed by atoms with E-state index in [2.05, 4.69) is 16.9 Å². The van der Waals surface area contributed by atoms with Gasteiger partial charge in [-0.15, -0.1) is 0 Å². The number of nitrogens with two attached hydrogens (primary N) is 1. The number of rotatable bonds is 1. The van der Waals surface area contributed by atoms with Gasteiger partial charge in [-0.25, -0.2) is 9.97 Å². The van der Waals surface area contributed by atoms with Gasteiger partial charge in [0.2, 0.25) is 0 Å². The molecule has 0 aromatic carbocycles. The summed E-state index contributed by atoms with van der Waals surface area (Å²) < 4.78 is 0. The molecular formula is C12H16N4. The summed E-state index contributed by atoms with van der Waals surface area (Å²) in [6.45, 7) is 2.28. The minimum atomic E-state index is 0.311. The summed E-state index contributed by atoms with van der Waals surface area (Å²) in [5, 5.41) is 8.74. The Bertz CT molecular complexity index is 414. The first-order chi connectivity index (χ1) is 7.70. The molecule has 2 rings (SSSR count). The van der Waals surface area contributed by atoms with E-state index in [0.29, 0.717) is 17.3 Å². The van der Waals surface area contributed by atoms with Gasteiger partial charge in [0.25, 0.3) is 0 Å². The van der Waals surface area contributed by atoms with Crippen LogP contribution in [-0.2, 0) is 0 Å². The second-order valence-electron chi connectivity index (χ2n) is 4.60. The molecular weight excluding hydrogens is 200 g/mol. The zero-order valence-corrected chi connectivity index (χ0v) is 9.48. The van der Waals surface area contributed by atoms with Crippen LogP contribution in [0, 0.1) is 17.2 Å². The van der Waals surface area contributed by atoms with Gasteiger partial charge >= 0.3 is 0 Å². The highest BCUT2D eigenvalue weighted by molar-refractivity contribution is 5.46. The molecule has 1 saturated carbocycles. The van der Waals surface area contributed by atoms with Gasteiger partial charge in [-0.2, -0.15) is 5.26 Å². The fraction of sp³-hybridized carbons (Fsp3) is 0.583. The molecule has 0 amide bonds. The highest BCUT2D eigenvalue weighted by atomic mass is 14.9. The SMILES string of the molecule is CC1CCC(c2ncc(C#N)c(N)n2)CC1. The van der Waals surface area contributed by atoms with Crippen molar-refractivity contribution in [2.45, 2.75) is 38.5 Å². The van der Waals surface area contributed by atoms with Gasteiger partial charge in [0.1, 0.15) is 23.3 Å². The Morgan fingerprint density at radius 3 is 2.62 bits per heavy atom. The molecule has 1 heterocycles. The molecule has 0 atom stereocenters. The van der Waals surface area contributed by atoms with Crippen LogP contribution in [-0.4, -0.2) is 9.97 Å². The number of nitrogen functional groups attached to an aromatic ring is 1. The summed E-state index contributed by atoms with van der Waals surface area (Å²) in [6.07, 6.45) is 6.26. The third-order valence-electron chi connectivity index (χ3n) is 3.34. The zero-order valence-electron chi connectivity index (χ0n) is 9.48. The molecule has 1 fully saturated rings. The molecule has 0 aliphatic heterocycles. The molecule has 4 nitrogen and oxygen atoms in total. The van der Waals surface area contributed by atoms with Crippen molar-refractivity contribution in [3.8, 4) is 6.07 Å². The summed E-state index contributed by atoms with van der Waals surface area (Å²) in [5.41, 5.74) is 6.06. The van der Waals surface area contributed by atoms with Crippen LogP contribution in [0.15, 0.2) is 6.20 Å². The van der Waals surface area contributed by atoms with Crippen LogP contribution in [0.4, 0.5) is 5.82 Å². The molecule has 0 spiro atoms. The van der Waals surface area contributed by atoms with Crippen molar-refractivity contribution in [1.82, 2.24) is 9.97 Å². The summed E-state index contributed by atoms with van der Waals surface area (Å²) in [4.78, 5) is 8.48. The van der Waals surface area contributed by atoms with Gasteiger partial charge in [0.05, 0.1) is 6.20 Å². The highest BCUT2D eigenvalue weighted by Gasteiger charge is 2.22. The lowest BCUT2D eigenvalue weighted by Gasteiger charge is -2.24. The molecule has 4 heteroatoms. The Hall–Kier alpha value is -1.63. The third kappa shape index (κ3) is 2.13. The summed E-state index contributed by atoms with van der Waals surface area (Å²) in [7, 11) is 0. The lowest BCUT2D eigenvalue weighted by Crippen LogP contribution is -2.14. The third-order valence-corrected chi connectivity index (χ3v) is 3.34. The topological polar surface area (TPSA) is 75.6 Å². The first-order valence-corrected chi connectivity index (χ1v) is 5.73. The van der Waals surface area contributed by atoms with E-state index in [1.54, 1.807) is 0 Å². The second-order valence-corrected chi connectivity index (χ2v) is 4.60.